The minimum atomic E-state index is -0.398. The molecule has 1 aromatic rings. The first-order valence-corrected chi connectivity index (χ1v) is 7.76. The third-order valence-electron chi connectivity index (χ3n) is 3.85. The Bertz CT molecular complexity index is 531. The monoisotopic (exact) mass is 307 g/mol. The van der Waals surface area contributed by atoms with Crippen molar-refractivity contribution in [2.45, 2.75) is 33.6 Å². The number of Topliss-reactive ketones (excluding diaryl/α,β-unsaturated/α-hetero) is 1. The predicted octanol–water partition coefficient (Wildman–Crippen LogP) is 3.81. The third kappa shape index (κ3) is 3.85. The van der Waals surface area contributed by atoms with E-state index in [1.54, 1.807) is 24.3 Å². The van der Waals surface area contributed by atoms with Crippen LogP contribution in [0.25, 0.3) is 0 Å². The molecule has 1 saturated heterocycles. The molecule has 0 bridgehead atoms. The van der Waals surface area contributed by atoms with Crippen molar-refractivity contribution in [1.29, 1.82) is 0 Å². The quantitative estimate of drug-likeness (QED) is 0.779. The number of halogens is 1. The van der Waals surface area contributed by atoms with E-state index >= 15 is 0 Å². The first kappa shape index (κ1) is 16.0. The largest absolute Gasteiger partial charge is 0.342 e. The zero-order chi connectivity index (χ0) is 15.6. The van der Waals surface area contributed by atoms with Crippen LogP contribution >= 0.6 is 11.6 Å². The molecule has 1 heterocycles. The maximum absolute atomic E-state index is 12.5. The molecule has 21 heavy (non-hydrogen) atoms. The summed E-state index contributed by atoms with van der Waals surface area (Å²) in [5.74, 6) is 0.125. The van der Waals surface area contributed by atoms with E-state index in [0.717, 1.165) is 19.4 Å². The average Bonchev–Trinajstić information content (AvgIpc) is 2.45. The molecule has 114 valence electrons. The number of nitrogens with zero attached hydrogens (tertiary/aromatic N) is 1. The molecule has 0 radical (unpaired) electrons. The highest BCUT2D eigenvalue weighted by atomic mass is 35.5. The lowest BCUT2D eigenvalue weighted by atomic mass is 9.87. The van der Waals surface area contributed by atoms with Gasteiger partial charge in [-0.25, -0.2) is 0 Å². The fourth-order valence-corrected chi connectivity index (χ4v) is 2.83. The SMILES string of the molecule is CC(C)(C)C(=O)N1CCCC(C(=O)c2ccc(Cl)cc2)C1. The van der Waals surface area contributed by atoms with Crippen LogP contribution in [0.5, 0.6) is 0 Å². The maximum atomic E-state index is 12.5. The van der Waals surface area contributed by atoms with E-state index in [-0.39, 0.29) is 17.6 Å². The Balaban J connectivity index is 2.09. The smallest absolute Gasteiger partial charge is 0.227 e. The van der Waals surface area contributed by atoms with Crippen molar-refractivity contribution in [2.24, 2.45) is 11.3 Å². The van der Waals surface area contributed by atoms with Gasteiger partial charge in [0.1, 0.15) is 0 Å². The van der Waals surface area contributed by atoms with Crippen LogP contribution < -0.4 is 0 Å². The second-order valence-corrected chi connectivity index (χ2v) is 7.15. The molecule has 1 atom stereocenters. The highest BCUT2D eigenvalue weighted by molar-refractivity contribution is 6.30. The van der Waals surface area contributed by atoms with Gasteiger partial charge in [0.05, 0.1) is 0 Å². The van der Waals surface area contributed by atoms with Crippen molar-refractivity contribution < 1.29 is 9.59 Å². The van der Waals surface area contributed by atoms with Crippen LogP contribution in [0.1, 0.15) is 44.0 Å². The molecular formula is C17H22ClNO2. The fraction of sp³-hybridized carbons (Fsp3) is 0.529. The van der Waals surface area contributed by atoms with E-state index in [1.165, 1.54) is 0 Å². The molecule has 0 aliphatic carbocycles. The third-order valence-corrected chi connectivity index (χ3v) is 4.10. The van der Waals surface area contributed by atoms with E-state index in [9.17, 15) is 9.59 Å². The van der Waals surface area contributed by atoms with E-state index in [2.05, 4.69) is 0 Å². The van der Waals surface area contributed by atoms with Gasteiger partial charge >= 0.3 is 0 Å². The maximum Gasteiger partial charge on any atom is 0.227 e. The number of carbonyl (C=O) groups excluding carboxylic acids is 2. The lowest BCUT2D eigenvalue weighted by molar-refractivity contribution is -0.140. The first-order valence-electron chi connectivity index (χ1n) is 7.38. The Kier molecular flexibility index (Phi) is 4.72. The lowest BCUT2D eigenvalue weighted by Crippen LogP contribution is -2.46. The van der Waals surface area contributed by atoms with Crippen molar-refractivity contribution in [3.8, 4) is 0 Å². The molecular weight excluding hydrogens is 286 g/mol. The molecule has 0 aromatic heterocycles. The Morgan fingerprint density at radius 2 is 1.81 bits per heavy atom. The molecule has 2 rings (SSSR count). The summed E-state index contributed by atoms with van der Waals surface area (Å²) < 4.78 is 0. The molecule has 0 spiro atoms. The summed E-state index contributed by atoms with van der Waals surface area (Å²) in [6.45, 7) is 7.03. The second-order valence-electron chi connectivity index (χ2n) is 6.71. The van der Waals surface area contributed by atoms with Crippen LogP contribution in [0, 0.1) is 11.3 Å². The summed E-state index contributed by atoms with van der Waals surface area (Å²) >= 11 is 5.85. The summed E-state index contributed by atoms with van der Waals surface area (Å²) in [5.41, 5.74) is 0.278. The van der Waals surface area contributed by atoms with Crippen molar-refractivity contribution >= 4 is 23.3 Å². The van der Waals surface area contributed by atoms with E-state index in [4.69, 9.17) is 11.6 Å². The van der Waals surface area contributed by atoms with Crippen LogP contribution in [-0.2, 0) is 4.79 Å². The van der Waals surface area contributed by atoms with Crippen LogP contribution in [-0.4, -0.2) is 29.7 Å². The van der Waals surface area contributed by atoms with Gasteiger partial charge in [-0.15, -0.1) is 0 Å². The molecule has 3 nitrogen and oxygen atoms in total. The standard InChI is InChI=1S/C17H22ClNO2/c1-17(2,3)16(21)19-10-4-5-13(11-19)15(20)12-6-8-14(18)9-7-12/h6-9,13H,4-5,10-11H2,1-3H3. The van der Waals surface area contributed by atoms with Crippen LogP contribution in [0.2, 0.25) is 5.02 Å². The molecule has 1 aliphatic rings. The number of amides is 1. The van der Waals surface area contributed by atoms with E-state index in [0.29, 0.717) is 17.1 Å². The summed E-state index contributed by atoms with van der Waals surface area (Å²) in [4.78, 5) is 26.7. The molecule has 0 saturated carbocycles. The van der Waals surface area contributed by atoms with Gasteiger partial charge in [0.2, 0.25) is 5.91 Å². The molecule has 1 aliphatic heterocycles. The highest BCUT2D eigenvalue weighted by Gasteiger charge is 2.33. The Hall–Kier alpha value is -1.35. The number of carbonyl (C=O) groups is 2. The summed E-state index contributed by atoms with van der Waals surface area (Å²) in [5, 5.41) is 0.625. The van der Waals surface area contributed by atoms with Crippen molar-refractivity contribution in [3.05, 3.63) is 34.9 Å². The summed E-state index contributed by atoms with van der Waals surface area (Å²) in [7, 11) is 0. The molecule has 1 amide bonds. The molecule has 4 heteroatoms. The number of benzene rings is 1. The van der Waals surface area contributed by atoms with Gasteiger partial charge < -0.3 is 4.90 Å². The number of likely N-dealkylation sites (tertiary alicyclic amines) is 1. The Labute approximate surface area is 131 Å². The number of hydrogen-bond acceptors (Lipinski definition) is 2. The fourth-order valence-electron chi connectivity index (χ4n) is 2.70. The van der Waals surface area contributed by atoms with Crippen LogP contribution in [0.3, 0.4) is 0 Å². The van der Waals surface area contributed by atoms with Crippen molar-refractivity contribution in [2.75, 3.05) is 13.1 Å². The minimum absolute atomic E-state index is 0.105. The normalized spacial score (nSPS) is 19.4. The van der Waals surface area contributed by atoms with Crippen LogP contribution in [0.4, 0.5) is 0 Å². The second kappa shape index (κ2) is 6.18. The molecule has 0 N–H and O–H groups in total. The average molecular weight is 308 g/mol. The van der Waals surface area contributed by atoms with Crippen molar-refractivity contribution in [3.63, 3.8) is 0 Å². The Morgan fingerprint density at radius 3 is 2.38 bits per heavy atom. The zero-order valence-corrected chi connectivity index (χ0v) is 13.6. The highest BCUT2D eigenvalue weighted by Crippen LogP contribution is 2.26. The minimum Gasteiger partial charge on any atom is -0.342 e. The number of hydrogen-bond donors (Lipinski definition) is 0. The van der Waals surface area contributed by atoms with Gasteiger partial charge in [0.15, 0.2) is 5.78 Å². The lowest BCUT2D eigenvalue weighted by Gasteiger charge is -2.36. The van der Waals surface area contributed by atoms with Gasteiger partial charge in [-0.1, -0.05) is 32.4 Å². The number of rotatable bonds is 2. The van der Waals surface area contributed by atoms with Crippen LogP contribution in [0.15, 0.2) is 24.3 Å². The zero-order valence-electron chi connectivity index (χ0n) is 12.9. The Morgan fingerprint density at radius 1 is 1.19 bits per heavy atom. The van der Waals surface area contributed by atoms with Gasteiger partial charge in [-0.3, -0.25) is 9.59 Å². The number of piperidine rings is 1. The van der Waals surface area contributed by atoms with Gasteiger partial charge in [-0.2, -0.15) is 0 Å². The topological polar surface area (TPSA) is 37.4 Å². The van der Waals surface area contributed by atoms with Crippen molar-refractivity contribution in [1.82, 2.24) is 4.90 Å². The van der Waals surface area contributed by atoms with Gasteiger partial charge in [-0.05, 0) is 37.1 Å². The summed E-state index contributed by atoms with van der Waals surface area (Å²) in [6, 6.07) is 6.98. The molecule has 1 aromatic carbocycles. The predicted molar refractivity (Wildman–Crippen MR) is 84.5 cm³/mol. The van der Waals surface area contributed by atoms with Gasteiger partial charge in [0.25, 0.3) is 0 Å². The van der Waals surface area contributed by atoms with E-state index in [1.807, 2.05) is 25.7 Å². The first-order chi connectivity index (χ1) is 9.79. The molecule has 1 unspecified atom stereocenters. The molecule has 1 fully saturated rings. The van der Waals surface area contributed by atoms with Gasteiger partial charge in [0, 0.05) is 35.0 Å². The summed E-state index contributed by atoms with van der Waals surface area (Å²) in [6.07, 6.45) is 1.72. The van der Waals surface area contributed by atoms with E-state index < -0.39 is 5.41 Å². The number of ketones is 1.